The average molecular weight is 481 g/mol. The van der Waals surface area contributed by atoms with E-state index < -0.39 is 0 Å². The third-order valence-electron chi connectivity index (χ3n) is 6.50. The van der Waals surface area contributed by atoms with Gasteiger partial charge in [-0.1, -0.05) is 48.9 Å². The number of methoxy groups -OCH3 is 3. The van der Waals surface area contributed by atoms with Crippen LogP contribution in [-0.2, 0) is 0 Å². The minimum absolute atomic E-state index is 0.0444. The molecule has 190 valence electrons. The first-order valence-electron chi connectivity index (χ1n) is 12.5. The maximum atomic E-state index is 13.7. The van der Waals surface area contributed by atoms with Crippen LogP contribution in [0.15, 0.2) is 48.0 Å². The van der Waals surface area contributed by atoms with Gasteiger partial charge in [0.25, 0.3) is 5.91 Å². The molecule has 2 aromatic carbocycles. The molecule has 3 rings (SSSR count). The Hall–Kier alpha value is -2.99. The van der Waals surface area contributed by atoms with Crippen molar-refractivity contribution in [3.8, 4) is 17.2 Å². The Morgan fingerprint density at radius 3 is 2.37 bits per heavy atom. The summed E-state index contributed by atoms with van der Waals surface area (Å²) in [5.74, 6) is 2.15. The Bertz CT molecular complexity index is 964. The number of hydrogen-bond donors (Lipinski definition) is 0. The summed E-state index contributed by atoms with van der Waals surface area (Å²) in [5, 5.41) is 0. The van der Waals surface area contributed by atoms with Crippen molar-refractivity contribution in [3.05, 3.63) is 59.2 Å². The second-order valence-electron chi connectivity index (χ2n) is 9.44. The van der Waals surface area contributed by atoms with Crippen molar-refractivity contribution in [1.82, 2.24) is 9.80 Å². The predicted molar refractivity (Wildman–Crippen MR) is 142 cm³/mol. The molecule has 6 heteroatoms. The fraction of sp³-hybridized carbons (Fsp3) is 0.483. The largest absolute Gasteiger partial charge is 0.493 e. The lowest BCUT2D eigenvalue weighted by molar-refractivity contribution is 0.0757. The van der Waals surface area contributed by atoms with Gasteiger partial charge in [0.2, 0.25) is 5.75 Å². The van der Waals surface area contributed by atoms with Gasteiger partial charge in [-0.05, 0) is 62.9 Å². The van der Waals surface area contributed by atoms with Crippen LogP contribution in [0.3, 0.4) is 0 Å². The maximum absolute atomic E-state index is 13.7. The molecule has 0 N–H and O–H groups in total. The highest BCUT2D eigenvalue weighted by Crippen LogP contribution is 2.38. The summed E-state index contributed by atoms with van der Waals surface area (Å²) in [6.45, 7) is 8.94. The van der Waals surface area contributed by atoms with Crippen molar-refractivity contribution < 1.29 is 19.0 Å². The monoisotopic (exact) mass is 480 g/mol. The van der Waals surface area contributed by atoms with E-state index in [0.717, 1.165) is 43.1 Å². The molecule has 0 saturated carbocycles. The minimum atomic E-state index is -0.0444. The van der Waals surface area contributed by atoms with Gasteiger partial charge in [0.05, 0.1) is 21.3 Å². The third-order valence-corrected chi connectivity index (χ3v) is 6.50. The van der Waals surface area contributed by atoms with Crippen molar-refractivity contribution >= 4 is 12.0 Å². The van der Waals surface area contributed by atoms with Crippen LogP contribution in [0.5, 0.6) is 17.2 Å². The molecule has 0 spiro atoms. The molecular formula is C29H40N2O4. The van der Waals surface area contributed by atoms with Crippen LogP contribution in [0.1, 0.15) is 49.0 Å². The number of ether oxygens (including phenoxy) is 3. The average Bonchev–Trinajstić information content (AvgIpc) is 2.87. The van der Waals surface area contributed by atoms with Crippen molar-refractivity contribution in [3.63, 3.8) is 0 Å². The number of likely N-dealkylation sites (tertiary alicyclic amines) is 1. The predicted octanol–water partition coefficient (Wildman–Crippen LogP) is 5.38. The molecule has 1 aliphatic heterocycles. The fourth-order valence-corrected chi connectivity index (χ4v) is 4.79. The minimum Gasteiger partial charge on any atom is -0.493 e. The van der Waals surface area contributed by atoms with Gasteiger partial charge >= 0.3 is 0 Å². The van der Waals surface area contributed by atoms with E-state index in [9.17, 15) is 4.79 Å². The number of hydrogen-bond acceptors (Lipinski definition) is 5. The Morgan fingerprint density at radius 1 is 1.09 bits per heavy atom. The summed E-state index contributed by atoms with van der Waals surface area (Å²) >= 11 is 0. The van der Waals surface area contributed by atoms with E-state index in [1.54, 1.807) is 33.5 Å². The molecule has 2 aromatic rings. The van der Waals surface area contributed by atoms with Crippen molar-refractivity contribution in [1.29, 1.82) is 0 Å². The van der Waals surface area contributed by atoms with E-state index >= 15 is 0 Å². The quantitative estimate of drug-likeness (QED) is 0.432. The summed E-state index contributed by atoms with van der Waals surface area (Å²) < 4.78 is 16.4. The van der Waals surface area contributed by atoms with Crippen molar-refractivity contribution in [2.75, 3.05) is 54.1 Å². The molecule has 1 heterocycles. The van der Waals surface area contributed by atoms with Crippen LogP contribution in [0, 0.1) is 5.92 Å². The normalized spacial score (nSPS) is 16.6. The Balaban J connectivity index is 1.80. The van der Waals surface area contributed by atoms with Gasteiger partial charge in [0.1, 0.15) is 0 Å². The molecule has 1 amide bonds. The standard InChI is InChI=1S/C29H40N2O4/c1-22-11-9-14-30(20-22)15-10-16-31(21-23(2)17-24-12-7-6-8-13-24)29(32)25-18-26(33-3)28(35-5)27(19-25)34-4/h6-8,12-13,17-19,22H,9-11,14-16,20-21H2,1-5H3. The lowest BCUT2D eigenvalue weighted by atomic mass is 10.0. The van der Waals surface area contributed by atoms with Crippen LogP contribution >= 0.6 is 0 Å². The van der Waals surface area contributed by atoms with Gasteiger partial charge in [0.15, 0.2) is 11.5 Å². The van der Waals surface area contributed by atoms with Crippen LogP contribution in [0.25, 0.3) is 6.08 Å². The van der Waals surface area contributed by atoms with Crippen LogP contribution < -0.4 is 14.2 Å². The second kappa shape index (κ2) is 13.2. The molecule has 0 aliphatic carbocycles. The number of piperidine rings is 1. The van der Waals surface area contributed by atoms with E-state index in [1.165, 1.54) is 12.8 Å². The lowest BCUT2D eigenvalue weighted by Gasteiger charge is -2.32. The highest BCUT2D eigenvalue weighted by molar-refractivity contribution is 5.96. The Labute approximate surface area is 210 Å². The van der Waals surface area contributed by atoms with Gasteiger partial charge < -0.3 is 24.0 Å². The summed E-state index contributed by atoms with van der Waals surface area (Å²) in [6, 6.07) is 13.7. The van der Waals surface area contributed by atoms with Gasteiger partial charge in [-0.25, -0.2) is 0 Å². The molecule has 0 aromatic heterocycles. The molecule has 1 atom stereocenters. The van der Waals surface area contributed by atoms with Crippen LogP contribution in [-0.4, -0.2) is 69.8 Å². The fourth-order valence-electron chi connectivity index (χ4n) is 4.79. The van der Waals surface area contributed by atoms with Crippen molar-refractivity contribution in [2.24, 2.45) is 5.92 Å². The first kappa shape index (κ1) is 26.6. The second-order valence-corrected chi connectivity index (χ2v) is 9.44. The van der Waals surface area contributed by atoms with Crippen LogP contribution in [0.4, 0.5) is 0 Å². The van der Waals surface area contributed by atoms with Crippen molar-refractivity contribution in [2.45, 2.75) is 33.1 Å². The smallest absolute Gasteiger partial charge is 0.254 e. The van der Waals surface area contributed by atoms with Gasteiger partial charge in [-0.15, -0.1) is 0 Å². The molecule has 1 aliphatic rings. The highest BCUT2D eigenvalue weighted by atomic mass is 16.5. The topological polar surface area (TPSA) is 51.2 Å². The summed E-state index contributed by atoms with van der Waals surface area (Å²) in [7, 11) is 4.69. The van der Waals surface area contributed by atoms with Gasteiger partial charge in [-0.3, -0.25) is 4.79 Å². The van der Waals surface area contributed by atoms with E-state index in [-0.39, 0.29) is 5.91 Å². The molecule has 1 unspecified atom stereocenters. The summed E-state index contributed by atoms with van der Waals surface area (Å²) in [6.07, 6.45) is 5.64. The van der Waals surface area contributed by atoms with E-state index in [2.05, 4.69) is 37.0 Å². The number of carbonyl (C=O) groups is 1. The SMILES string of the molecule is COc1cc(C(=O)N(CCCN2CCCC(C)C2)CC(C)=Cc2ccccc2)cc(OC)c1OC. The third kappa shape index (κ3) is 7.49. The van der Waals surface area contributed by atoms with E-state index in [4.69, 9.17) is 14.2 Å². The molecule has 0 radical (unpaired) electrons. The zero-order valence-electron chi connectivity index (χ0n) is 21.9. The van der Waals surface area contributed by atoms with E-state index in [1.807, 2.05) is 23.1 Å². The number of amides is 1. The Morgan fingerprint density at radius 2 is 1.77 bits per heavy atom. The molecule has 6 nitrogen and oxygen atoms in total. The highest BCUT2D eigenvalue weighted by Gasteiger charge is 2.22. The maximum Gasteiger partial charge on any atom is 0.254 e. The first-order valence-corrected chi connectivity index (χ1v) is 12.5. The molecular weight excluding hydrogens is 440 g/mol. The summed E-state index contributed by atoms with van der Waals surface area (Å²) in [5.41, 5.74) is 2.79. The number of rotatable bonds is 11. The Kier molecular flexibility index (Phi) is 10.0. The summed E-state index contributed by atoms with van der Waals surface area (Å²) in [4.78, 5) is 18.2. The van der Waals surface area contributed by atoms with E-state index in [0.29, 0.717) is 35.9 Å². The van der Waals surface area contributed by atoms with Gasteiger partial charge in [0, 0.05) is 25.2 Å². The van der Waals surface area contributed by atoms with Crippen LogP contribution in [0.2, 0.25) is 0 Å². The zero-order chi connectivity index (χ0) is 25.2. The molecule has 1 fully saturated rings. The molecule has 1 saturated heterocycles. The zero-order valence-corrected chi connectivity index (χ0v) is 21.9. The van der Waals surface area contributed by atoms with Gasteiger partial charge in [-0.2, -0.15) is 0 Å². The number of benzene rings is 2. The molecule has 0 bridgehead atoms. The molecule has 35 heavy (non-hydrogen) atoms. The number of carbonyl (C=O) groups excluding carboxylic acids is 1. The number of nitrogens with zero attached hydrogens (tertiary/aromatic N) is 2. The first-order chi connectivity index (χ1) is 16.9. The lowest BCUT2D eigenvalue weighted by Crippen LogP contribution is -2.38.